The molecule has 2 rings (SSSR count). The first kappa shape index (κ1) is 18.6. The first-order chi connectivity index (χ1) is 11.3. The van der Waals surface area contributed by atoms with Gasteiger partial charge in [0.15, 0.2) is 0 Å². The van der Waals surface area contributed by atoms with Crippen molar-refractivity contribution in [2.45, 2.75) is 24.3 Å². The summed E-state index contributed by atoms with van der Waals surface area (Å²) in [5.41, 5.74) is 2.26. The van der Waals surface area contributed by atoms with Crippen molar-refractivity contribution in [3.63, 3.8) is 0 Å². The van der Waals surface area contributed by atoms with Crippen LogP contribution in [0.4, 0.5) is 4.39 Å². The van der Waals surface area contributed by atoms with Crippen molar-refractivity contribution in [1.29, 1.82) is 0 Å². The summed E-state index contributed by atoms with van der Waals surface area (Å²) < 4.78 is 40.5. The molecule has 0 aliphatic rings. The van der Waals surface area contributed by atoms with Crippen molar-refractivity contribution >= 4 is 10.0 Å². The number of hydrogen-bond acceptors (Lipinski definition) is 3. The van der Waals surface area contributed by atoms with E-state index >= 15 is 0 Å². The van der Waals surface area contributed by atoms with Gasteiger partial charge in [-0.2, -0.15) is 0 Å². The highest BCUT2D eigenvalue weighted by Gasteiger charge is 2.20. The molecule has 0 aromatic heterocycles. The summed E-state index contributed by atoms with van der Waals surface area (Å²) in [6.07, 6.45) is 0.957. The fraction of sp³-hybridized carbons (Fsp3) is 0.333. The van der Waals surface area contributed by atoms with E-state index in [1.54, 1.807) is 0 Å². The van der Waals surface area contributed by atoms with E-state index in [0.29, 0.717) is 0 Å². The maximum Gasteiger partial charge on any atom is 0.240 e. The lowest BCUT2D eigenvalue weighted by Crippen LogP contribution is -2.34. The van der Waals surface area contributed by atoms with Crippen LogP contribution >= 0.6 is 0 Å². The summed E-state index contributed by atoms with van der Waals surface area (Å²) >= 11 is 0. The Labute approximate surface area is 143 Å². The second kappa shape index (κ2) is 7.88. The van der Waals surface area contributed by atoms with Gasteiger partial charge in [-0.25, -0.2) is 17.5 Å². The van der Waals surface area contributed by atoms with Crippen LogP contribution in [0.5, 0.6) is 0 Å². The maximum absolute atomic E-state index is 13.3. The topological polar surface area (TPSA) is 49.4 Å². The van der Waals surface area contributed by atoms with Gasteiger partial charge in [-0.15, -0.1) is 0 Å². The molecule has 4 nitrogen and oxygen atoms in total. The summed E-state index contributed by atoms with van der Waals surface area (Å²) in [5.74, 6) is -0.572. The predicted octanol–water partition coefficient (Wildman–Crippen LogP) is 2.97. The van der Waals surface area contributed by atoms with Crippen molar-refractivity contribution in [2.24, 2.45) is 0 Å². The second-order valence-electron chi connectivity index (χ2n) is 5.88. The Balaban J connectivity index is 2.16. The lowest BCUT2D eigenvalue weighted by atomic mass is 10.0. The standard InChI is InChI=1S/C18H23FN2O2S/c1-4-14-8-10-15(11-9-14)18(21(2)3)13-20-24(22,23)17-7-5-6-16(19)12-17/h5-12,18,20H,4,13H2,1-3H3/t18-/m1/s1. The summed E-state index contributed by atoms with van der Waals surface area (Å²) in [6, 6.07) is 13.0. The molecule has 0 radical (unpaired) electrons. The third-order valence-corrected chi connectivity index (χ3v) is 5.39. The maximum atomic E-state index is 13.3. The van der Waals surface area contributed by atoms with Gasteiger partial charge in [0.05, 0.1) is 4.90 Å². The zero-order valence-electron chi connectivity index (χ0n) is 14.2. The molecule has 2 aromatic rings. The lowest BCUT2D eigenvalue weighted by molar-refractivity contribution is 0.299. The van der Waals surface area contributed by atoms with E-state index in [2.05, 4.69) is 11.6 Å². The quantitative estimate of drug-likeness (QED) is 0.835. The normalized spacial score (nSPS) is 13.2. The Morgan fingerprint density at radius 1 is 1.12 bits per heavy atom. The van der Waals surface area contributed by atoms with Gasteiger partial charge >= 0.3 is 0 Å². The van der Waals surface area contributed by atoms with E-state index in [9.17, 15) is 12.8 Å². The van der Waals surface area contributed by atoms with Gasteiger partial charge in [0.1, 0.15) is 5.82 Å². The van der Waals surface area contributed by atoms with Crippen LogP contribution in [-0.4, -0.2) is 34.0 Å². The van der Waals surface area contributed by atoms with E-state index in [4.69, 9.17) is 0 Å². The SMILES string of the molecule is CCc1ccc([C@@H](CNS(=O)(=O)c2cccc(F)c2)N(C)C)cc1. The molecule has 0 spiro atoms. The number of nitrogens with one attached hydrogen (secondary N) is 1. The van der Waals surface area contributed by atoms with E-state index in [1.165, 1.54) is 23.8 Å². The highest BCUT2D eigenvalue weighted by Crippen LogP contribution is 2.19. The van der Waals surface area contributed by atoms with Crippen molar-refractivity contribution < 1.29 is 12.8 Å². The number of rotatable bonds is 7. The van der Waals surface area contributed by atoms with Crippen LogP contribution in [0.2, 0.25) is 0 Å². The molecule has 130 valence electrons. The third kappa shape index (κ3) is 4.63. The van der Waals surface area contributed by atoms with Crippen LogP contribution < -0.4 is 4.72 Å². The minimum absolute atomic E-state index is 0.0682. The Kier molecular flexibility index (Phi) is 6.10. The summed E-state index contributed by atoms with van der Waals surface area (Å²) in [4.78, 5) is 1.89. The number of halogens is 1. The predicted molar refractivity (Wildman–Crippen MR) is 93.8 cm³/mol. The van der Waals surface area contributed by atoms with Crippen molar-refractivity contribution in [2.75, 3.05) is 20.6 Å². The van der Waals surface area contributed by atoms with E-state index in [-0.39, 0.29) is 17.5 Å². The largest absolute Gasteiger partial charge is 0.301 e. The van der Waals surface area contributed by atoms with Crippen LogP contribution in [0.25, 0.3) is 0 Å². The smallest absolute Gasteiger partial charge is 0.240 e. The molecule has 1 N–H and O–H groups in total. The van der Waals surface area contributed by atoms with Crippen molar-refractivity contribution in [1.82, 2.24) is 9.62 Å². The van der Waals surface area contributed by atoms with Gasteiger partial charge in [0.2, 0.25) is 10.0 Å². The number of hydrogen-bond donors (Lipinski definition) is 1. The molecule has 0 amide bonds. The lowest BCUT2D eigenvalue weighted by Gasteiger charge is -2.25. The zero-order chi connectivity index (χ0) is 17.7. The Bertz CT molecular complexity index is 774. The van der Waals surface area contributed by atoms with E-state index in [0.717, 1.165) is 18.1 Å². The summed E-state index contributed by atoms with van der Waals surface area (Å²) in [7, 11) is 0.0465. The highest BCUT2D eigenvalue weighted by molar-refractivity contribution is 7.89. The van der Waals surface area contributed by atoms with Gasteiger partial charge in [0, 0.05) is 12.6 Å². The number of aryl methyl sites for hydroxylation is 1. The molecule has 0 aliphatic carbocycles. The molecule has 0 heterocycles. The van der Waals surface area contributed by atoms with Gasteiger partial charge in [-0.05, 0) is 49.8 Å². The van der Waals surface area contributed by atoms with Crippen LogP contribution in [0, 0.1) is 5.82 Å². The minimum atomic E-state index is -3.75. The molecule has 0 saturated carbocycles. The molecule has 0 saturated heterocycles. The molecule has 0 unspecified atom stereocenters. The Morgan fingerprint density at radius 2 is 1.79 bits per heavy atom. The first-order valence-corrected chi connectivity index (χ1v) is 9.32. The summed E-state index contributed by atoms with van der Waals surface area (Å²) in [5, 5.41) is 0. The molecular formula is C18H23FN2O2S. The Hall–Kier alpha value is -1.76. The number of sulfonamides is 1. The van der Waals surface area contributed by atoms with Crippen LogP contribution in [-0.2, 0) is 16.4 Å². The minimum Gasteiger partial charge on any atom is -0.301 e. The van der Waals surface area contributed by atoms with Crippen molar-refractivity contribution in [3.05, 3.63) is 65.5 Å². The molecule has 2 aromatic carbocycles. The summed E-state index contributed by atoms with van der Waals surface area (Å²) in [6.45, 7) is 2.29. The molecule has 0 fully saturated rings. The fourth-order valence-electron chi connectivity index (χ4n) is 2.48. The number of likely N-dealkylation sites (N-methyl/N-ethyl adjacent to an activating group) is 1. The average Bonchev–Trinajstić information content (AvgIpc) is 2.55. The Morgan fingerprint density at radius 3 is 2.33 bits per heavy atom. The molecule has 0 bridgehead atoms. The first-order valence-electron chi connectivity index (χ1n) is 7.84. The molecule has 6 heteroatoms. The zero-order valence-corrected chi connectivity index (χ0v) is 15.0. The number of benzene rings is 2. The highest BCUT2D eigenvalue weighted by atomic mass is 32.2. The van der Waals surface area contributed by atoms with Crippen molar-refractivity contribution in [3.8, 4) is 0 Å². The molecular weight excluding hydrogens is 327 g/mol. The third-order valence-electron chi connectivity index (χ3n) is 3.97. The average molecular weight is 350 g/mol. The second-order valence-corrected chi connectivity index (χ2v) is 7.65. The number of nitrogens with zero attached hydrogens (tertiary/aromatic N) is 1. The van der Waals surface area contributed by atoms with Gasteiger partial charge in [-0.1, -0.05) is 37.3 Å². The molecule has 0 aliphatic heterocycles. The van der Waals surface area contributed by atoms with E-state index < -0.39 is 15.8 Å². The van der Waals surface area contributed by atoms with Gasteiger partial charge in [0.25, 0.3) is 0 Å². The van der Waals surface area contributed by atoms with Crippen LogP contribution in [0.15, 0.2) is 53.4 Å². The monoisotopic (exact) mass is 350 g/mol. The van der Waals surface area contributed by atoms with Crippen LogP contribution in [0.1, 0.15) is 24.1 Å². The molecule has 1 atom stereocenters. The molecule has 24 heavy (non-hydrogen) atoms. The van der Waals surface area contributed by atoms with Gasteiger partial charge in [-0.3, -0.25) is 0 Å². The van der Waals surface area contributed by atoms with Gasteiger partial charge < -0.3 is 4.90 Å². The van der Waals surface area contributed by atoms with E-state index in [1.807, 2.05) is 43.3 Å². The van der Waals surface area contributed by atoms with Crippen LogP contribution in [0.3, 0.4) is 0 Å². The fourth-order valence-corrected chi connectivity index (χ4v) is 3.55.